The molecule has 3 rings (SSSR count). The first-order valence-corrected chi connectivity index (χ1v) is 9.12. The minimum atomic E-state index is -4.50. The van der Waals surface area contributed by atoms with E-state index in [1.54, 1.807) is 12.1 Å². The number of anilines is 1. The molecule has 0 atom stereocenters. The van der Waals surface area contributed by atoms with Gasteiger partial charge in [-0.25, -0.2) is 9.97 Å². The van der Waals surface area contributed by atoms with Gasteiger partial charge in [0.15, 0.2) is 5.15 Å². The van der Waals surface area contributed by atoms with Crippen LogP contribution in [0, 0.1) is 0 Å². The third-order valence-corrected chi connectivity index (χ3v) is 4.24. The van der Waals surface area contributed by atoms with Crippen molar-refractivity contribution >= 4 is 51.6 Å². The van der Waals surface area contributed by atoms with Gasteiger partial charge in [0.1, 0.15) is 5.15 Å². The smallest absolute Gasteiger partial charge is 0.319 e. The van der Waals surface area contributed by atoms with E-state index in [0.29, 0.717) is 0 Å². The van der Waals surface area contributed by atoms with E-state index in [2.05, 4.69) is 15.3 Å². The summed E-state index contributed by atoms with van der Waals surface area (Å²) in [5.41, 5.74) is -0.524. The number of rotatable bonds is 3. The second-order valence-corrected chi connectivity index (χ2v) is 6.55. The van der Waals surface area contributed by atoms with Crippen molar-refractivity contribution in [3.05, 3.63) is 87.9 Å². The average Bonchev–Trinajstić information content (AvgIpc) is 2.70. The normalized spacial score (nSPS) is 10.6. The van der Waals surface area contributed by atoms with Gasteiger partial charge in [-0.15, -0.1) is 0 Å². The third-order valence-electron chi connectivity index (χ3n) is 3.43. The van der Waals surface area contributed by atoms with Gasteiger partial charge in [0.05, 0.1) is 16.8 Å². The maximum Gasteiger partial charge on any atom is 0.416 e. The second-order valence-electron chi connectivity index (χ2n) is 5.49. The van der Waals surface area contributed by atoms with E-state index >= 15 is 0 Å². The van der Waals surface area contributed by atoms with Crippen LogP contribution in [0.15, 0.2) is 60.9 Å². The fraction of sp³-hybridized carbons (Fsp3) is 0.0526. The van der Waals surface area contributed by atoms with Crippen molar-refractivity contribution in [2.24, 2.45) is 0 Å². The van der Waals surface area contributed by atoms with Crippen LogP contribution in [-0.4, -0.2) is 21.1 Å². The zero-order valence-electron chi connectivity index (χ0n) is 14.8. The van der Waals surface area contributed by atoms with E-state index in [4.69, 9.17) is 34.8 Å². The maximum absolute atomic E-state index is 12.6. The molecule has 1 N–H and O–H groups in total. The van der Waals surface area contributed by atoms with Gasteiger partial charge >= 0.3 is 6.18 Å². The molecule has 2 aromatic heterocycles. The summed E-state index contributed by atoms with van der Waals surface area (Å²) in [6, 6.07) is 10.3. The fourth-order valence-corrected chi connectivity index (χ4v) is 2.62. The minimum absolute atomic E-state index is 0.0628. The zero-order chi connectivity index (χ0) is 22.3. The molecule has 0 bridgehead atoms. The maximum atomic E-state index is 12.6. The molecule has 156 valence electrons. The summed E-state index contributed by atoms with van der Waals surface area (Å²) in [5, 5.41) is 2.02. The molecule has 5 nitrogen and oxygen atoms in total. The lowest BCUT2D eigenvalue weighted by Gasteiger charge is -2.09. The number of aromatic nitrogens is 2. The van der Waals surface area contributed by atoms with Gasteiger partial charge in [0, 0.05) is 18.0 Å². The van der Waals surface area contributed by atoms with Crippen LogP contribution in [0.3, 0.4) is 0 Å². The monoisotopic (exact) mass is 475 g/mol. The summed E-state index contributed by atoms with van der Waals surface area (Å²) in [4.78, 5) is 29.8. The van der Waals surface area contributed by atoms with E-state index in [1.165, 1.54) is 36.7 Å². The van der Waals surface area contributed by atoms with Crippen molar-refractivity contribution in [2.75, 3.05) is 5.32 Å². The predicted octanol–water partition coefficient (Wildman–Crippen LogP) is 6.12. The summed E-state index contributed by atoms with van der Waals surface area (Å²) in [6.45, 7) is 0. The van der Waals surface area contributed by atoms with E-state index in [9.17, 15) is 22.8 Å². The lowest BCUT2D eigenvalue weighted by atomic mass is 10.1. The van der Waals surface area contributed by atoms with Crippen molar-refractivity contribution in [2.45, 2.75) is 6.18 Å². The van der Waals surface area contributed by atoms with Crippen LogP contribution < -0.4 is 5.32 Å². The van der Waals surface area contributed by atoms with Gasteiger partial charge in [-0.1, -0.05) is 29.3 Å². The second kappa shape index (κ2) is 10.4. The first-order chi connectivity index (χ1) is 14.1. The number of benzene rings is 1. The summed E-state index contributed by atoms with van der Waals surface area (Å²) in [6.07, 6.45) is -1.57. The molecule has 0 fully saturated rings. The highest BCUT2D eigenvalue weighted by atomic mass is 35.5. The number of carbonyl (C=O) groups excluding carboxylic acids is 2. The highest BCUT2D eigenvalue weighted by molar-refractivity contribution is 6.68. The van der Waals surface area contributed by atoms with Crippen molar-refractivity contribution in [3.63, 3.8) is 0 Å². The number of nitrogens with zero attached hydrogens (tertiary/aromatic N) is 2. The van der Waals surface area contributed by atoms with Crippen molar-refractivity contribution in [1.82, 2.24) is 9.97 Å². The Hall–Kier alpha value is -2.68. The number of hydrogen-bond donors (Lipinski definition) is 1. The number of nitrogens with one attached hydrogen (secondary N) is 1. The highest BCUT2D eigenvalue weighted by Gasteiger charge is 2.30. The number of alkyl halides is 3. The molecular formula is C19H11Cl3F3N3O2. The first-order valence-electron chi connectivity index (χ1n) is 7.99. The standard InChI is InChI=1S/C13H8ClF3N2O.C6H3Cl2NO/c14-11-10(5-2-6-18-11)19-12(20)8-3-1-4-9(7-8)13(15,16)17;7-5-4(6(8)10)2-1-3-9-5/h1-7H,(H,19,20);1-3H. The Bertz CT molecular complexity index is 1060. The van der Waals surface area contributed by atoms with Crippen molar-refractivity contribution in [3.8, 4) is 0 Å². The summed E-state index contributed by atoms with van der Waals surface area (Å²) >= 11 is 16.4. The van der Waals surface area contributed by atoms with Crippen LogP contribution >= 0.6 is 34.8 Å². The molecular weight excluding hydrogens is 466 g/mol. The Morgan fingerprint density at radius 1 is 0.900 bits per heavy atom. The van der Waals surface area contributed by atoms with Crippen LogP contribution in [0.5, 0.6) is 0 Å². The molecule has 1 amide bonds. The topological polar surface area (TPSA) is 72.0 Å². The molecule has 0 aliphatic heterocycles. The molecule has 3 aromatic rings. The summed E-state index contributed by atoms with van der Waals surface area (Å²) < 4.78 is 37.7. The van der Waals surface area contributed by atoms with Crippen LogP contribution in [0.2, 0.25) is 10.3 Å². The van der Waals surface area contributed by atoms with Crippen molar-refractivity contribution < 1.29 is 22.8 Å². The van der Waals surface area contributed by atoms with Crippen LogP contribution in [-0.2, 0) is 6.18 Å². The number of carbonyl (C=O) groups is 2. The summed E-state index contributed by atoms with van der Waals surface area (Å²) in [5.74, 6) is -0.689. The largest absolute Gasteiger partial charge is 0.416 e. The number of hydrogen-bond acceptors (Lipinski definition) is 4. The van der Waals surface area contributed by atoms with Crippen LogP contribution in [0.1, 0.15) is 26.3 Å². The first kappa shape index (κ1) is 23.6. The van der Waals surface area contributed by atoms with Gasteiger partial charge in [-0.2, -0.15) is 13.2 Å². The lowest BCUT2D eigenvalue weighted by molar-refractivity contribution is -0.137. The molecule has 0 saturated carbocycles. The molecule has 0 unspecified atom stereocenters. The molecule has 0 saturated heterocycles. The minimum Gasteiger partial charge on any atom is -0.319 e. The van der Waals surface area contributed by atoms with E-state index in [-0.39, 0.29) is 27.1 Å². The quantitative estimate of drug-likeness (QED) is 0.365. The molecule has 11 heteroatoms. The van der Waals surface area contributed by atoms with Gasteiger partial charge in [0.25, 0.3) is 11.1 Å². The number of halogens is 6. The Labute approximate surface area is 183 Å². The summed E-state index contributed by atoms with van der Waals surface area (Å²) in [7, 11) is 0. The predicted molar refractivity (Wildman–Crippen MR) is 108 cm³/mol. The molecule has 0 aliphatic rings. The van der Waals surface area contributed by atoms with Crippen molar-refractivity contribution in [1.29, 1.82) is 0 Å². The molecule has 2 heterocycles. The molecule has 30 heavy (non-hydrogen) atoms. The molecule has 0 spiro atoms. The van der Waals surface area contributed by atoms with E-state index < -0.39 is 22.9 Å². The third kappa shape index (κ3) is 6.69. The molecule has 0 aliphatic carbocycles. The van der Waals surface area contributed by atoms with Crippen LogP contribution in [0.25, 0.3) is 0 Å². The molecule has 0 radical (unpaired) electrons. The SMILES string of the molecule is O=C(Cl)c1cccnc1Cl.O=C(Nc1cccnc1Cl)c1cccc(C(F)(F)F)c1. The van der Waals surface area contributed by atoms with Gasteiger partial charge in [0.2, 0.25) is 0 Å². The Morgan fingerprint density at radius 3 is 2.07 bits per heavy atom. The molecule has 1 aromatic carbocycles. The van der Waals surface area contributed by atoms with Gasteiger partial charge in [-0.05, 0) is 54.1 Å². The Kier molecular flexibility index (Phi) is 8.16. The lowest BCUT2D eigenvalue weighted by Crippen LogP contribution is -2.14. The van der Waals surface area contributed by atoms with E-state index in [1.807, 2.05) is 0 Å². The van der Waals surface area contributed by atoms with Crippen LogP contribution in [0.4, 0.5) is 18.9 Å². The zero-order valence-corrected chi connectivity index (χ0v) is 17.0. The average molecular weight is 477 g/mol. The number of amides is 1. The van der Waals surface area contributed by atoms with Gasteiger partial charge in [-0.3, -0.25) is 9.59 Å². The van der Waals surface area contributed by atoms with E-state index in [0.717, 1.165) is 12.1 Å². The number of pyridine rings is 2. The highest BCUT2D eigenvalue weighted by Crippen LogP contribution is 2.29. The Morgan fingerprint density at radius 2 is 1.53 bits per heavy atom. The fourth-order valence-electron chi connectivity index (χ4n) is 2.04. The van der Waals surface area contributed by atoms with Gasteiger partial charge < -0.3 is 5.32 Å². The Balaban J connectivity index is 0.000000269.